The summed E-state index contributed by atoms with van der Waals surface area (Å²) >= 11 is 0. The average Bonchev–Trinajstić information content (AvgIpc) is 3.07. The fraction of sp³-hybridized carbons (Fsp3) is 0.375. The number of hydrogen-bond acceptors (Lipinski definition) is 4. The molecule has 1 aliphatic heterocycles. The average molecular weight is 286 g/mol. The molecular formula is C16H18N2O3. The van der Waals surface area contributed by atoms with E-state index in [0.29, 0.717) is 25.3 Å². The second-order valence-corrected chi connectivity index (χ2v) is 5.09. The molecule has 1 fully saturated rings. The highest BCUT2D eigenvalue weighted by molar-refractivity contribution is 5.94. The number of carbonyl (C=O) groups excluding carboxylic acids is 1. The molecule has 0 radical (unpaired) electrons. The Labute approximate surface area is 123 Å². The van der Waals surface area contributed by atoms with E-state index in [1.807, 2.05) is 17.0 Å². The van der Waals surface area contributed by atoms with Crippen molar-refractivity contribution in [3.63, 3.8) is 0 Å². The SMILES string of the molecule is O=C(c1ccncc1)N(Cc1ccco1)C1CCOCC1. The van der Waals surface area contributed by atoms with Gasteiger partial charge in [-0.05, 0) is 37.1 Å². The lowest BCUT2D eigenvalue weighted by atomic mass is 10.1. The third kappa shape index (κ3) is 3.31. The van der Waals surface area contributed by atoms with Gasteiger partial charge >= 0.3 is 0 Å². The summed E-state index contributed by atoms with van der Waals surface area (Å²) in [5.41, 5.74) is 0.656. The number of hydrogen-bond donors (Lipinski definition) is 0. The van der Waals surface area contributed by atoms with E-state index >= 15 is 0 Å². The Kier molecular flexibility index (Phi) is 4.31. The molecule has 2 aromatic rings. The van der Waals surface area contributed by atoms with E-state index in [1.165, 1.54) is 0 Å². The predicted molar refractivity (Wildman–Crippen MR) is 76.7 cm³/mol. The zero-order valence-corrected chi connectivity index (χ0v) is 11.8. The van der Waals surface area contributed by atoms with Gasteiger partial charge in [-0.25, -0.2) is 0 Å². The molecule has 0 saturated carbocycles. The Morgan fingerprint density at radius 1 is 1.24 bits per heavy atom. The number of aromatic nitrogens is 1. The van der Waals surface area contributed by atoms with E-state index in [2.05, 4.69) is 4.98 Å². The van der Waals surface area contributed by atoms with Crippen LogP contribution in [0.25, 0.3) is 0 Å². The van der Waals surface area contributed by atoms with Crippen molar-refractivity contribution in [2.24, 2.45) is 0 Å². The summed E-state index contributed by atoms with van der Waals surface area (Å²) in [5, 5.41) is 0. The van der Waals surface area contributed by atoms with Crippen molar-refractivity contribution in [2.45, 2.75) is 25.4 Å². The number of rotatable bonds is 4. The highest BCUT2D eigenvalue weighted by Crippen LogP contribution is 2.20. The van der Waals surface area contributed by atoms with Crippen molar-refractivity contribution >= 4 is 5.91 Å². The van der Waals surface area contributed by atoms with E-state index in [1.54, 1.807) is 30.8 Å². The molecule has 1 aliphatic rings. The highest BCUT2D eigenvalue weighted by Gasteiger charge is 2.27. The van der Waals surface area contributed by atoms with E-state index < -0.39 is 0 Å². The summed E-state index contributed by atoms with van der Waals surface area (Å²) < 4.78 is 10.8. The zero-order valence-electron chi connectivity index (χ0n) is 11.8. The topological polar surface area (TPSA) is 55.6 Å². The molecule has 0 unspecified atom stereocenters. The maximum atomic E-state index is 12.8. The number of amides is 1. The first kappa shape index (κ1) is 13.8. The van der Waals surface area contributed by atoms with Gasteiger partial charge in [-0.15, -0.1) is 0 Å². The van der Waals surface area contributed by atoms with E-state index in [-0.39, 0.29) is 11.9 Å². The van der Waals surface area contributed by atoms with Crippen LogP contribution in [0.5, 0.6) is 0 Å². The van der Waals surface area contributed by atoms with Gasteiger partial charge in [-0.1, -0.05) is 0 Å². The van der Waals surface area contributed by atoms with Crippen LogP contribution in [0.2, 0.25) is 0 Å². The number of carbonyl (C=O) groups is 1. The van der Waals surface area contributed by atoms with Gasteiger partial charge in [0.2, 0.25) is 0 Å². The van der Waals surface area contributed by atoms with Crippen LogP contribution in [-0.4, -0.2) is 35.0 Å². The van der Waals surface area contributed by atoms with Crippen LogP contribution in [0.3, 0.4) is 0 Å². The lowest BCUT2D eigenvalue weighted by Crippen LogP contribution is -2.42. The summed E-state index contributed by atoms with van der Waals surface area (Å²) in [6, 6.07) is 7.42. The van der Waals surface area contributed by atoms with Crippen molar-refractivity contribution in [1.29, 1.82) is 0 Å². The lowest BCUT2D eigenvalue weighted by Gasteiger charge is -2.33. The molecule has 0 bridgehead atoms. The Bertz CT molecular complexity index is 562. The molecule has 0 spiro atoms. The molecule has 5 heteroatoms. The quantitative estimate of drug-likeness (QED) is 0.866. The van der Waals surface area contributed by atoms with Crippen LogP contribution in [0.4, 0.5) is 0 Å². The van der Waals surface area contributed by atoms with E-state index in [0.717, 1.165) is 18.6 Å². The molecule has 0 atom stereocenters. The Hall–Kier alpha value is -2.14. The van der Waals surface area contributed by atoms with Crippen molar-refractivity contribution in [2.75, 3.05) is 13.2 Å². The molecule has 0 N–H and O–H groups in total. The van der Waals surface area contributed by atoms with Gasteiger partial charge in [0.15, 0.2) is 0 Å². The number of furan rings is 1. The fourth-order valence-electron chi connectivity index (χ4n) is 2.59. The van der Waals surface area contributed by atoms with Crippen LogP contribution in [-0.2, 0) is 11.3 Å². The first-order chi connectivity index (χ1) is 10.3. The van der Waals surface area contributed by atoms with Crippen molar-refractivity contribution in [3.8, 4) is 0 Å². The van der Waals surface area contributed by atoms with Gasteiger partial charge in [0.05, 0.1) is 12.8 Å². The van der Waals surface area contributed by atoms with Crippen molar-refractivity contribution in [1.82, 2.24) is 9.88 Å². The van der Waals surface area contributed by atoms with E-state index in [4.69, 9.17) is 9.15 Å². The molecule has 3 heterocycles. The zero-order chi connectivity index (χ0) is 14.5. The molecule has 2 aromatic heterocycles. The largest absolute Gasteiger partial charge is 0.467 e. The molecule has 110 valence electrons. The molecule has 21 heavy (non-hydrogen) atoms. The monoisotopic (exact) mass is 286 g/mol. The minimum Gasteiger partial charge on any atom is -0.467 e. The minimum atomic E-state index is 0.0145. The highest BCUT2D eigenvalue weighted by atomic mass is 16.5. The molecule has 1 saturated heterocycles. The predicted octanol–water partition coefficient (Wildman–Crippen LogP) is 2.50. The maximum absolute atomic E-state index is 12.8. The number of pyridine rings is 1. The second-order valence-electron chi connectivity index (χ2n) is 5.09. The normalized spacial score (nSPS) is 15.8. The van der Waals surface area contributed by atoms with Crippen LogP contribution in [0, 0.1) is 0 Å². The molecule has 5 nitrogen and oxygen atoms in total. The number of ether oxygens (including phenoxy) is 1. The number of nitrogens with zero attached hydrogens (tertiary/aromatic N) is 2. The Morgan fingerprint density at radius 3 is 2.67 bits per heavy atom. The third-order valence-electron chi connectivity index (χ3n) is 3.73. The third-order valence-corrected chi connectivity index (χ3v) is 3.73. The second kappa shape index (κ2) is 6.54. The molecule has 3 rings (SSSR count). The Morgan fingerprint density at radius 2 is 2.00 bits per heavy atom. The van der Waals surface area contributed by atoms with Gasteiger partial charge in [0.1, 0.15) is 5.76 Å². The van der Waals surface area contributed by atoms with Crippen molar-refractivity contribution < 1.29 is 13.9 Å². The fourth-order valence-corrected chi connectivity index (χ4v) is 2.59. The first-order valence-corrected chi connectivity index (χ1v) is 7.16. The van der Waals surface area contributed by atoms with Gasteiger partial charge in [0.25, 0.3) is 5.91 Å². The summed E-state index contributed by atoms with van der Waals surface area (Å²) in [4.78, 5) is 18.6. The summed E-state index contributed by atoms with van der Waals surface area (Å²) in [7, 11) is 0. The van der Waals surface area contributed by atoms with Crippen LogP contribution in [0.1, 0.15) is 29.0 Å². The molecule has 0 aliphatic carbocycles. The Balaban J connectivity index is 1.82. The smallest absolute Gasteiger partial charge is 0.254 e. The summed E-state index contributed by atoms with van der Waals surface area (Å²) in [5.74, 6) is 0.810. The van der Waals surface area contributed by atoms with Crippen LogP contribution in [0.15, 0.2) is 47.3 Å². The lowest BCUT2D eigenvalue weighted by molar-refractivity contribution is 0.0250. The minimum absolute atomic E-state index is 0.0145. The summed E-state index contributed by atoms with van der Waals surface area (Å²) in [6.07, 6.45) is 6.63. The summed E-state index contributed by atoms with van der Waals surface area (Å²) in [6.45, 7) is 1.88. The van der Waals surface area contributed by atoms with Gasteiger partial charge in [0, 0.05) is 37.2 Å². The van der Waals surface area contributed by atoms with Gasteiger partial charge < -0.3 is 14.1 Å². The van der Waals surface area contributed by atoms with Gasteiger partial charge in [-0.3, -0.25) is 9.78 Å². The molecule has 1 amide bonds. The van der Waals surface area contributed by atoms with E-state index in [9.17, 15) is 4.79 Å². The molecular weight excluding hydrogens is 268 g/mol. The van der Waals surface area contributed by atoms with Crippen LogP contribution < -0.4 is 0 Å². The first-order valence-electron chi connectivity index (χ1n) is 7.16. The van der Waals surface area contributed by atoms with Crippen LogP contribution >= 0.6 is 0 Å². The standard InChI is InChI=1S/C16H18N2O3/c19-16(13-3-7-17-8-4-13)18(12-15-2-1-9-21-15)14-5-10-20-11-6-14/h1-4,7-9,14H,5-6,10-12H2. The maximum Gasteiger partial charge on any atom is 0.254 e. The molecule has 0 aromatic carbocycles. The van der Waals surface area contributed by atoms with Gasteiger partial charge in [-0.2, -0.15) is 0 Å². The van der Waals surface area contributed by atoms with Crippen molar-refractivity contribution in [3.05, 3.63) is 54.2 Å².